The van der Waals surface area contributed by atoms with Gasteiger partial charge in [-0.25, -0.2) is 4.79 Å². The zero-order valence-electron chi connectivity index (χ0n) is 11.7. The first kappa shape index (κ1) is 14.1. The van der Waals surface area contributed by atoms with Crippen LogP contribution in [0.4, 0.5) is 16.2 Å². The first-order valence-electron chi connectivity index (χ1n) is 6.53. The third kappa shape index (κ3) is 3.36. The highest BCUT2D eigenvalue weighted by Gasteiger charge is 2.07. The maximum Gasteiger partial charge on any atom is 0.323 e. The number of amides is 2. The predicted octanol–water partition coefficient (Wildman–Crippen LogP) is 3.41. The van der Waals surface area contributed by atoms with Crippen molar-refractivity contribution in [1.29, 1.82) is 0 Å². The van der Waals surface area contributed by atoms with Gasteiger partial charge in [0.2, 0.25) is 0 Å². The molecule has 2 rings (SSSR count). The van der Waals surface area contributed by atoms with Crippen molar-refractivity contribution in [2.45, 2.75) is 20.4 Å². The van der Waals surface area contributed by atoms with Gasteiger partial charge >= 0.3 is 6.03 Å². The molecule has 0 bridgehead atoms. The van der Waals surface area contributed by atoms with E-state index in [9.17, 15) is 4.79 Å². The molecule has 0 spiro atoms. The molecule has 0 radical (unpaired) electrons. The van der Waals surface area contributed by atoms with Crippen molar-refractivity contribution < 1.29 is 4.79 Å². The fourth-order valence-electron chi connectivity index (χ4n) is 2.01. The molecule has 2 aromatic rings. The minimum Gasteiger partial charge on any atom is -0.326 e. The maximum absolute atomic E-state index is 12.0. The van der Waals surface area contributed by atoms with E-state index in [0.29, 0.717) is 6.54 Å². The van der Waals surface area contributed by atoms with Gasteiger partial charge in [-0.05, 0) is 43.2 Å². The van der Waals surface area contributed by atoms with Crippen LogP contribution in [0.1, 0.15) is 16.7 Å². The van der Waals surface area contributed by atoms with E-state index in [1.807, 2.05) is 56.3 Å². The van der Waals surface area contributed by atoms with Gasteiger partial charge in [0.1, 0.15) is 0 Å². The van der Waals surface area contributed by atoms with Crippen LogP contribution in [0.25, 0.3) is 0 Å². The molecule has 0 aliphatic carbocycles. The summed E-state index contributed by atoms with van der Waals surface area (Å²) in [5.74, 6) is 0. The summed E-state index contributed by atoms with van der Waals surface area (Å²) < 4.78 is 0. The Morgan fingerprint density at radius 2 is 1.75 bits per heavy atom. The Bertz CT molecular complexity index is 606. The molecule has 0 unspecified atom stereocenters. The molecule has 104 valence electrons. The smallest absolute Gasteiger partial charge is 0.323 e. The summed E-state index contributed by atoms with van der Waals surface area (Å²) in [5, 5.41) is 5.63. The quantitative estimate of drug-likeness (QED) is 0.799. The van der Waals surface area contributed by atoms with Crippen molar-refractivity contribution in [2.24, 2.45) is 5.73 Å². The SMILES string of the molecule is Cc1ccc(NC(=O)Nc2cccc(C)c2CN)cc1. The van der Waals surface area contributed by atoms with Crippen LogP contribution in [0.15, 0.2) is 42.5 Å². The average molecular weight is 269 g/mol. The van der Waals surface area contributed by atoms with E-state index in [-0.39, 0.29) is 6.03 Å². The Morgan fingerprint density at radius 3 is 2.40 bits per heavy atom. The van der Waals surface area contributed by atoms with Gasteiger partial charge in [0.25, 0.3) is 0 Å². The van der Waals surface area contributed by atoms with Crippen LogP contribution in [0.5, 0.6) is 0 Å². The number of anilines is 2. The Labute approximate surface area is 119 Å². The van der Waals surface area contributed by atoms with Gasteiger partial charge in [0.05, 0.1) is 0 Å². The molecule has 4 N–H and O–H groups in total. The first-order valence-corrected chi connectivity index (χ1v) is 6.53. The number of rotatable bonds is 3. The van der Waals surface area contributed by atoms with Gasteiger partial charge in [0.15, 0.2) is 0 Å². The molecule has 0 fully saturated rings. The van der Waals surface area contributed by atoms with Crippen LogP contribution >= 0.6 is 0 Å². The van der Waals surface area contributed by atoms with E-state index in [2.05, 4.69) is 10.6 Å². The van der Waals surface area contributed by atoms with Gasteiger partial charge in [-0.2, -0.15) is 0 Å². The van der Waals surface area contributed by atoms with Crippen molar-refractivity contribution in [2.75, 3.05) is 10.6 Å². The molecule has 20 heavy (non-hydrogen) atoms. The van der Waals surface area contributed by atoms with Crippen molar-refractivity contribution >= 4 is 17.4 Å². The number of carbonyl (C=O) groups is 1. The van der Waals surface area contributed by atoms with Crippen LogP contribution in [0, 0.1) is 13.8 Å². The topological polar surface area (TPSA) is 67.2 Å². The lowest BCUT2D eigenvalue weighted by atomic mass is 10.1. The average Bonchev–Trinajstić information content (AvgIpc) is 2.42. The van der Waals surface area contributed by atoms with E-state index >= 15 is 0 Å². The highest BCUT2D eigenvalue weighted by molar-refractivity contribution is 6.00. The summed E-state index contributed by atoms with van der Waals surface area (Å²) in [6.45, 7) is 4.38. The number of hydrogen-bond donors (Lipinski definition) is 3. The van der Waals surface area contributed by atoms with Crippen LogP contribution in [-0.2, 0) is 6.54 Å². The zero-order valence-corrected chi connectivity index (χ0v) is 11.7. The normalized spacial score (nSPS) is 10.2. The van der Waals surface area contributed by atoms with Crippen molar-refractivity contribution in [3.05, 3.63) is 59.2 Å². The van der Waals surface area contributed by atoms with E-state index in [1.165, 1.54) is 0 Å². The van der Waals surface area contributed by atoms with E-state index < -0.39 is 0 Å². The summed E-state index contributed by atoms with van der Waals surface area (Å²) in [4.78, 5) is 12.0. The molecule has 0 heterocycles. The number of nitrogens with two attached hydrogens (primary N) is 1. The lowest BCUT2D eigenvalue weighted by Crippen LogP contribution is -2.21. The molecule has 2 aromatic carbocycles. The predicted molar refractivity (Wildman–Crippen MR) is 82.9 cm³/mol. The van der Waals surface area contributed by atoms with Crippen LogP contribution < -0.4 is 16.4 Å². The number of benzene rings is 2. The van der Waals surface area contributed by atoms with Crippen molar-refractivity contribution in [3.8, 4) is 0 Å². The van der Waals surface area contributed by atoms with Crippen LogP contribution in [0.2, 0.25) is 0 Å². The van der Waals surface area contributed by atoms with E-state index in [4.69, 9.17) is 5.73 Å². The molecule has 0 saturated heterocycles. The monoisotopic (exact) mass is 269 g/mol. The number of carbonyl (C=O) groups excluding carboxylic acids is 1. The fraction of sp³-hybridized carbons (Fsp3) is 0.188. The number of hydrogen-bond acceptors (Lipinski definition) is 2. The summed E-state index contributed by atoms with van der Waals surface area (Å²) in [7, 11) is 0. The van der Waals surface area contributed by atoms with Gasteiger partial charge in [-0.3, -0.25) is 0 Å². The second kappa shape index (κ2) is 6.21. The minimum atomic E-state index is -0.269. The molecule has 0 atom stereocenters. The first-order chi connectivity index (χ1) is 9.60. The van der Waals surface area contributed by atoms with Crippen molar-refractivity contribution in [1.82, 2.24) is 0 Å². The highest BCUT2D eigenvalue weighted by Crippen LogP contribution is 2.19. The van der Waals surface area contributed by atoms with Gasteiger partial charge < -0.3 is 16.4 Å². The standard InChI is InChI=1S/C16H19N3O/c1-11-6-8-13(9-7-11)18-16(20)19-15-5-3-4-12(2)14(15)10-17/h3-9H,10,17H2,1-2H3,(H2,18,19,20). The molecule has 4 heteroatoms. The minimum absolute atomic E-state index is 0.269. The number of urea groups is 1. The molecule has 0 aliphatic heterocycles. The summed E-state index contributed by atoms with van der Waals surface area (Å²) in [5.41, 5.74) is 10.4. The van der Waals surface area contributed by atoms with Gasteiger partial charge in [-0.15, -0.1) is 0 Å². The molecule has 0 aromatic heterocycles. The summed E-state index contributed by atoms with van der Waals surface area (Å²) in [6, 6.07) is 13.1. The molecular weight excluding hydrogens is 250 g/mol. The third-order valence-electron chi connectivity index (χ3n) is 3.17. The molecule has 0 aliphatic rings. The van der Waals surface area contributed by atoms with E-state index in [1.54, 1.807) is 0 Å². The lowest BCUT2D eigenvalue weighted by Gasteiger charge is -2.13. The Morgan fingerprint density at radius 1 is 1.05 bits per heavy atom. The van der Waals surface area contributed by atoms with Crippen LogP contribution in [-0.4, -0.2) is 6.03 Å². The molecule has 0 saturated carbocycles. The number of aryl methyl sites for hydroxylation is 2. The fourth-order valence-corrected chi connectivity index (χ4v) is 2.01. The zero-order chi connectivity index (χ0) is 14.5. The van der Waals surface area contributed by atoms with Gasteiger partial charge in [0, 0.05) is 17.9 Å². The third-order valence-corrected chi connectivity index (χ3v) is 3.17. The largest absolute Gasteiger partial charge is 0.326 e. The van der Waals surface area contributed by atoms with Crippen LogP contribution in [0.3, 0.4) is 0 Å². The Balaban J connectivity index is 2.08. The highest BCUT2D eigenvalue weighted by atomic mass is 16.2. The summed E-state index contributed by atoms with van der Waals surface area (Å²) >= 11 is 0. The summed E-state index contributed by atoms with van der Waals surface area (Å²) in [6.07, 6.45) is 0. The second-order valence-electron chi connectivity index (χ2n) is 4.75. The van der Waals surface area contributed by atoms with Crippen molar-refractivity contribution in [3.63, 3.8) is 0 Å². The molecule has 2 amide bonds. The Hall–Kier alpha value is -2.33. The Kier molecular flexibility index (Phi) is 4.38. The lowest BCUT2D eigenvalue weighted by molar-refractivity contribution is 0.262. The maximum atomic E-state index is 12.0. The van der Waals surface area contributed by atoms with E-state index in [0.717, 1.165) is 28.1 Å². The molecular formula is C16H19N3O. The second-order valence-corrected chi connectivity index (χ2v) is 4.75. The number of nitrogens with one attached hydrogen (secondary N) is 2. The molecule has 4 nitrogen and oxygen atoms in total. The van der Waals surface area contributed by atoms with Gasteiger partial charge in [-0.1, -0.05) is 29.8 Å².